The number of carbonyl (C=O) groups is 1. The Morgan fingerprint density at radius 3 is 2.95 bits per heavy atom. The Kier molecular flexibility index (Phi) is 8.28. The number of ether oxygens (including phenoxy) is 1. The number of nitrogens with one attached hydrogen (secondary N) is 2. The third-order valence-electron chi connectivity index (χ3n) is 4.35. The predicted molar refractivity (Wildman–Crippen MR) is 92.0 cm³/mol. The van der Waals surface area contributed by atoms with Crippen LogP contribution < -0.4 is 15.4 Å². The molecule has 22 heavy (non-hydrogen) atoms. The van der Waals surface area contributed by atoms with Gasteiger partial charge in [-0.1, -0.05) is 19.1 Å². The molecule has 5 heteroatoms. The van der Waals surface area contributed by atoms with E-state index in [9.17, 15) is 4.79 Å². The summed E-state index contributed by atoms with van der Waals surface area (Å²) in [6.07, 6.45) is 6.12. The summed E-state index contributed by atoms with van der Waals surface area (Å²) >= 11 is 0. The minimum atomic E-state index is 0. The summed E-state index contributed by atoms with van der Waals surface area (Å²) in [5.74, 6) is 1.01. The molecule has 0 saturated heterocycles. The molecule has 2 unspecified atom stereocenters. The summed E-state index contributed by atoms with van der Waals surface area (Å²) in [6.45, 7) is 2.93. The maximum Gasteiger partial charge on any atom is 0.207 e. The summed E-state index contributed by atoms with van der Waals surface area (Å²) in [6, 6.07) is 7.28. The van der Waals surface area contributed by atoms with Crippen molar-refractivity contribution < 1.29 is 9.53 Å². The van der Waals surface area contributed by atoms with Gasteiger partial charge in [0.25, 0.3) is 0 Å². The Morgan fingerprint density at radius 2 is 2.27 bits per heavy atom. The Balaban J connectivity index is 0.00000242. The minimum Gasteiger partial charge on any atom is -0.496 e. The highest BCUT2D eigenvalue weighted by molar-refractivity contribution is 5.85. The van der Waals surface area contributed by atoms with Crippen molar-refractivity contribution in [3.63, 3.8) is 0 Å². The lowest BCUT2D eigenvalue weighted by Gasteiger charge is -2.30. The highest BCUT2D eigenvalue weighted by Gasteiger charge is 2.22. The van der Waals surface area contributed by atoms with E-state index < -0.39 is 0 Å². The fourth-order valence-electron chi connectivity index (χ4n) is 3.14. The molecule has 1 aliphatic rings. The predicted octanol–water partition coefficient (Wildman–Crippen LogP) is 2.48. The third-order valence-corrected chi connectivity index (χ3v) is 4.35. The standard InChI is InChI=1S/C17H26N2O2.ClH/c1-3-14(9-10-18-12-20)19-15-8-7-13-5-4-6-17(21-2)16(13)11-15;/h4-6,12,14-15,19H,3,7-11H2,1-2H3,(H,18,20);1H. The number of fused-ring (bicyclic) bond motifs is 1. The van der Waals surface area contributed by atoms with Crippen LogP contribution >= 0.6 is 12.4 Å². The van der Waals surface area contributed by atoms with Crippen LogP contribution in [0, 0.1) is 0 Å². The number of rotatable bonds is 8. The van der Waals surface area contributed by atoms with Gasteiger partial charge >= 0.3 is 0 Å². The van der Waals surface area contributed by atoms with E-state index >= 15 is 0 Å². The molecule has 2 N–H and O–H groups in total. The average molecular weight is 327 g/mol. The SMILES string of the molecule is CCC(CCNC=O)NC1CCc2cccc(OC)c2C1.Cl. The normalized spacial score (nSPS) is 17.8. The van der Waals surface area contributed by atoms with Crippen LogP contribution in [0.3, 0.4) is 0 Å². The van der Waals surface area contributed by atoms with Crippen LogP contribution in [0.25, 0.3) is 0 Å². The molecule has 1 aromatic carbocycles. The van der Waals surface area contributed by atoms with Gasteiger partial charge in [0.2, 0.25) is 6.41 Å². The molecule has 0 aliphatic heterocycles. The van der Waals surface area contributed by atoms with Gasteiger partial charge in [-0.2, -0.15) is 0 Å². The monoisotopic (exact) mass is 326 g/mol. The van der Waals surface area contributed by atoms with Crippen LogP contribution in [0.2, 0.25) is 0 Å². The third kappa shape index (κ3) is 4.89. The van der Waals surface area contributed by atoms with Gasteiger partial charge in [0.1, 0.15) is 5.75 Å². The van der Waals surface area contributed by atoms with E-state index in [2.05, 4.69) is 29.7 Å². The molecule has 1 amide bonds. The lowest BCUT2D eigenvalue weighted by Crippen LogP contribution is -2.42. The van der Waals surface area contributed by atoms with Gasteiger partial charge in [-0.25, -0.2) is 0 Å². The topological polar surface area (TPSA) is 50.4 Å². The highest BCUT2D eigenvalue weighted by atomic mass is 35.5. The first-order valence-corrected chi connectivity index (χ1v) is 7.86. The van der Waals surface area contributed by atoms with Crippen LogP contribution in [0.15, 0.2) is 18.2 Å². The van der Waals surface area contributed by atoms with Gasteiger partial charge in [0, 0.05) is 18.6 Å². The fourth-order valence-corrected chi connectivity index (χ4v) is 3.14. The lowest BCUT2D eigenvalue weighted by molar-refractivity contribution is -0.109. The van der Waals surface area contributed by atoms with Crippen molar-refractivity contribution in [2.75, 3.05) is 13.7 Å². The second kappa shape index (κ2) is 9.70. The first kappa shape index (κ1) is 18.8. The number of benzene rings is 1. The van der Waals surface area contributed by atoms with Crippen molar-refractivity contribution in [3.05, 3.63) is 29.3 Å². The van der Waals surface area contributed by atoms with Crippen LogP contribution in [0.5, 0.6) is 5.75 Å². The number of halogens is 1. The average Bonchev–Trinajstić information content (AvgIpc) is 2.53. The molecule has 0 heterocycles. The van der Waals surface area contributed by atoms with Crippen LogP contribution in [-0.2, 0) is 17.6 Å². The first-order chi connectivity index (χ1) is 10.3. The maximum atomic E-state index is 10.3. The molecule has 4 nitrogen and oxygen atoms in total. The van der Waals surface area contributed by atoms with Crippen molar-refractivity contribution in [2.24, 2.45) is 0 Å². The molecule has 0 radical (unpaired) electrons. The summed E-state index contributed by atoms with van der Waals surface area (Å²) < 4.78 is 5.50. The molecule has 1 aromatic rings. The van der Waals surface area contributed by atoms with E-state index in [0.29, 0.717) is 12.1 Å². The molecule has 0 aromatic heterocycles. The Morgan fingerprint density at radius 1 is 1.45 bits per heavy atom. The highest BCUT2D eigenvalue weighted by Crippen LogP contribution is 2.29. The summed E-state index contributed by atoms with van der Waals surface area (Å²) in [4.78, 5) is 10.3. The zero-order chi connectivity index (χ0) is 15.1. The molecule has 2 rings (SSSR count). The summed E-state index contributed by atoms with van der Waals surface area (Å²) in [7, 11) is 1.74. The van der Waals surface area contributed by atoms with Crippen molar-refractivity contribution >= 4 is 18.8 Å². The Labute approximate surface area is 139 Å². The van der Waals surface area contributed by atoms with Gasteiger partial charge in [0.05, 0.1) is 7.11 Å². The molecular formula is C17H27ClN2O2. The molecule has 0 saturated carbocycles. The molecule has 0 bridgehead atoms. The van der Waals surface area contributed by atoms with Crippen molar-refractivity contribution in [2.45, 2.75) is 51.1 Å². The van der Waals surface area contributed by atoms with E-state index in [1.54, 1.807) is 7.11 Å². The zero-order valence-electron chi connectivity index (χ0n) is 13.4. The number of methoxy groups -OCH3 is 1. The maximum absolute atomic E-state index is 10.3. The fraction of sp³-hybridized carbons (Fsp3) is 0.588. The second-order valence-electron chi connectivity index (χ2n) is 5.67. The molecule has 0 fully saturated rings. The Hall–Kier alpha value is -1.26. The summed E-state index contributed by atoms with van der Waals surface area (Å²) in [5.41, 5.74) is 2.77. The number of aryl methyl sites for hydroxylation is 1. The van der Waals surface area contributed by atoms with Gasteiger partial charge < -0.3 is 15.4 Å². The number of amides is 1. The quantitative estimate of drug-likeness (QED) is 0.570. The number of hydrogen-bond acceptors (Lipinski definition) is 3. The van der Waals surface area contributed by atoms with Gasteiger partial charge in [0.15, 0.2) is 0 Å². The molecule has 1 aliphatic carbocycles. The van der Waals surface area contributed by atoms with Crippen LogP contribution in [0.4, 0.5) is 0 Å². The number of carbonyl (C=O) groups excluding carboxylic acids is 1. The second-order valence-corrected chi connectivity index (χ2v) is 5.67. The molecule has 0 spiro atoms. The van der Waals surface area contributed by atoms with E-state index in [-0.39, 0.29) is 12.4 Å². The molecule has 2 atom stereocenters. The zero-order valence-corrected chi connectivity index (χ0v) is 14.2. The van der Waals surface area contributed by atoms with Gasteiger partial charge in [-0.15, -0.1) is 12.4 Å². The van der Waals surface area contributed by atoms with Crippen molar-refractivity contribution in [3.8, 4) is 5.75 Å². The van der Waals surface area contributed by atoms with E-state index in [1.807, 2.05) is 6.07 Å². The van der Waals surface area contributed by atoms with E-state index in [0.717, 1.165) is 50.8 Å². The summed E-state index contributed by atoms with van der Waals surface area (Å²) in [5, 5.41) is 6.49. The first-order valence-electron chi connectivity index (χ1n) is 7.86. The van der Waals surface area contributed by atoms with Crippen LogP contribution in [-0.4, -0.2) is 32.1 Å². The van der Waals surface area contributed by atoms with E-state index in [1.165, 1.54) is 11.1 Å². The van der Waals surface area contributed by atoms with Crippen molar-refractivity contribution in [1.29, 1.82) is 0 Å². The van der Waals surface area contributed by atoms with Gasteiger partial charge in [-0.05, 0) is 49.3 Å². The largest absolute Gasteiger partial charge is 0.496 e. The van der Waals surface area contributed by atoms with E-state index in [4.69, 9.17) is 4.74 Å². The number of hydrogen-bond donors (Lipinski definition) is 2. The van der Waals surface area contributed by atoms with Gasteiger partial charge in [-0.3, -0.25) is 4.79 Å². The molecular weight excluding hydrogens is 300 g/mol. The Bertz CT molecular complexity index is 454. The smallest absolute Gasteiger partial charge is 0.207 e. The minimum absolute atomic E-state index is 0. The van der Waals surface area contributed by atoms with Crippen molar-refractivity contribution in [1.82, 2.24) is 10.6 Å². The molecule has 124 valence electrons. The lowest BCUT2D eigenvalue weighted by atomic mass is 9.87. The van der Waals surface area contributed by atoms with Crippen LogP contribution in [0.1, 0.15) is 37.3 Å².